The SMILES string of the molecule is CC(C)c1ccc(OCC2CC2)c(CCCN2CCN(C)CC2)c1. The van der Waals surface area contributed by atoms with Crippen molar-refractivity contribution < 1.29 is 4.74 Å². The van der Waals surface area contributed by atoms with Crippen LogP contribution in [0.1, 0.15) is 50.2 Å². The molecular weight excluding hydrogens is 296 g/mol. The fraction of sp³-hybridized carbons (Fsp3) is 0.714. The first-order valence-electron chi connectivity index (χ1n) is 9.78. The van der Waals surface area contributed by atoms with Crippen LogP contribution in [-0.2, 0) is 6.42 Å². The Labute approximate surface area is 148 Å². The van der Waals surface area contributed by atoms with Crippen molar-refractivity contribution in [2.75, 3.05) is 46.4 Å². The summed E-state index contributed by atoms with van der Waals surface area (Å²) in [5.74, 6) is 2.52. The summed E-state index contributed by atoms with van der Waals surface area (Å²) >= 11 is 0. The second-order valence-corrected chi connectivity index (χ2v) is 8.02. The van der Waals surface area contributed by atoms with E-state index in [1.165, 1.54) is 63.1 Å². The fourth-order valence-corrected chi connectivity index (χ4v) is 3.35. The van der Waals surface area contributed by atoms with E-state index in [4.69, 9.17) is 4.74 Å². The smallest absolute Gasteiger partial charge is 0.122 e. The molecule has 0 atom stereocenters. The minimum absolute atomic E-state index is 0.582. The van der Waals surface area contributed by atoms with Crippen molar-refractivity contribution in [2.45, 2.75) is 45.4 Å². The lowest BCUT2D eigenvalue weighted by Gasteiger charge is -2.32. The van der Waals surface area contributed by atoms with Crippen LogP contribution in [0.25, 0.3) is 0 Å². The molecule has 2 fully saturated rings. The van der Waals surface area contributed by atoms with Gasteiger partial charge in [-0.2, -0.15) is 0 Å². The van der Waals surface area contributed by atoms with Gasteiger partial charge in [0.2, 0.25) is 0 Å². The third-order valence-electron chi connectivity index (χ3n) is 5.44. The van der Waals surface area contributed by atoms with Gasteiger partial charge in [-0.25, -0.2) is 0 Å². The van der Waals surface area contributed by atoms with Crippen LogP contribution < -0.4 is 4.74 Å². The molecule has 1 aliphatic heterocycles. The number of hydrogen-bond donors (Lipinski definition) is 0. The third kappa shape index (κ3) is 5.22. The van der Waals surface area contributed by atoms with E-state index in [2.05, 4.69) is 48.9 Å². The zero-order valence-electron chi connectivity index (χ0n) is 15.8. The number of rotatable bonds is 8. The summed E-state index contributed by atoms with van der Waals surface area (Å²) in [5, 5.41) is 0. The van der Waals surface area contributed by atoms with E-state index in [9.17, 15) is 0 Å². The average molecular weight is 331 g/mol. The van der Waals surface area contributed by atoms with E-state index in [0.717, 1.165) is 24.7 Å². The first-order chi connectivity index (χ1) is 11.6. The zero-order valence-corrected chi connectivity index (χ0v) is 15.8. The van der Waals surface area contributed by atoms with Crippen molar-refractivity contribution in [1.82, 2.24) is 9.80 Å². The lowest BCUT2D eigenvalue weighted by molar-refractivity contribution is 0.153. The molecule has 3 nitrogen and oxygen atoms in total. The minimum atomic E-state index is 0.582. The van der Waals surface area contributed by atoms with Gasteiger partial charge in [-0.3, -0.25) is 0 Å². The highest BCUT2D eigenvalue weighted by Gasteiger charge is 2.22. The summed E-state index contributed by atoms with van der Waals surface area (Å²) < 4.78 is 6.13. The second-order valence-electron chi connectivity index (χ2n) is 8.02. The summed E-state index contributed by atoms with van der Waals surface area (Å²) in [6, 6.07) is 6.84. The normalized spacial score (nSPS) is 19.8. The molecule has 0 N–H and O–H groups in total. The maximum atomic E-state index is 6.13. The Balaban J connectivity index is 1.55. The van der Waals surface area contributed by atoms with Crippen molar-refractivity contribution in [3.8, 4) is 5.75 Å². The molecule has 134 valence electrons. The number of aryl methyl sites for hydroxylation is 1. The second kappa shape index (κ2) is 8.35. The predicted octanol–water partition coefficient (Wildman–Crippen LogP) is 3.78. The molecule has 2 aliphatic rings. The lowest BCUT2D eigenvalue weighted by atomic mass is 9.98. The van der Waals surface area contributed by atoms with Gasteiger partial charge in [-0.1, -0.05) is 26.0 Å². The fourth-order valence-electron chi connectivity index (χ4n) is 3.35. The molecule has 3 rings (SSSR count). The van der Waals surface area contributed by atoms with Gasteiger partial charge < -0.3 is 14.5 Å². The summed E-state index contributed by atoms with van der Waals surface area (Å²) in [6.07, 6.45) is 5.06. The van der Waals surface area contributed by atoms with Crippen molar-refractivity contribution >= 4 is 0 Å². The Kier molecular flexibility index (Phi) is 6.18. The Morgan fingerprint density at radius 2 is 1.88 bits per heavy atom. The van der Waals surface area contributed by atoms with Crippen LogP contribution in [0, 0.1) is 5.92 Å². The highest BCUT2D eigenvalue weighted by molar-refractivity contribution is 5.38. The van der Waals surface area contributed by atoms with Crippen LogP contribution in [-0.4, -0.2) is 56.2 Å². The molecule has 0 bridgehead atoms. The zero-order chi connectivity index (χ0) is 16.9. The highest BCUT2D eigenvalue weighted by Crippen LogP contribution is 2.31. The summed E-state index contributed by atoms with van der Waals surface area (Å²) in [5.41, 5.74) is 2.85. The monoisotopic (exact) mass is 330 g/mol. The first kappa shape index (κ1) is 17.8. The molecule has 0 spiro atoms. The molecule has 1 heterocycles. The van der Waals surface area contributed by atoms with Gasteiger partial charge >= 0.3 is 0 Å². The van der Waals surface area contributed by atoms with Gasteiger partial charge in [0, 0.05) is 26.2 Å². The van der Waals surface area contributed by atoms with Gasteiger partial charge in [0.15, 0.2) is 0 Å². The van der Waals surface area contributed by atoms with Crippen LogP contribution in [0.2, 0.25) is 0 Å². The molecule has 1 saturated heterocycles. The van der Waals surface area contributed by atoms with Gasteiger partial charge in [-0.15, -0.1) is 0 Å². The molecule has 0 amide bonds. The number of piperazine rings is 1. The summed E-state index contributed by atoms with van der Waals surface area (Å²) in [4.78, 5) is 5.03. The van der Waals surface area contributed by atoms with Crippen LogP contribution in [0.5, 0.6) is 5.75 Å². The van der Waals surface area contributed by atoms with Crippen LogP contribution in [0.4, 0.5) is 0 Å². The van der Waals surface area contributed by atoms with Crippen LogP contribution in [0.3, 0.4) is 0 Å². The van der Waals surface area contributed by atoms with E-state index < -0.39 is 0 Å². The van der Waals surface area contributed by atoms with Crippen molar-refractivity contribution in [3.05, 3.63) is 29.3 Å². The number of benzene rings is 1. The molecule has 1 aromatic carbocycles. The maximum Gasteiger partial charge on any atom is 0.122 e. The Morgan fingerprint density at radius 1 is 1.12 bits per heavy atom. The standard InChI is InChI=1S/C21H34N2O/c1-17(2)19-8-9-21(24-16-18-6-7-18)20(15-19)5-4-10-23-13-11-22(3)12-14-23/h8-9,15,17-18H,4-7,10-14,16H2,1-3H3. The van der Waals surface area contributed by atoms with E-state index in [1.807, 2.05) is 0 Å². The van der Waals surface area contributed by atoms with Gasteiger partial charge in [0.25, 0.3) is 0 Å². The molecule has 3 heteroatoms. The van der Waals surface area contributed by atoms with Gasteiger partial charge in [-0.05, 0) is 68.3 Å². The first-order valence-corrected chi connectivity index (χ1v) is 9.78. The predicted molar refractivity (Wildman–Crippen MR) is 101 cm³/mol. The minimum Gasteiger partial charge on any atom is -0.493 e. The van der Waals surface area contributed by atoms with E-state index in [1.54, 1.807) is 0 Å². The molecule has 1 aromatic rings. The number of ether oxygens (including phenoxy) is 1. The topological polar surface area (TPSA) is 15.7 Å². The Hall–Kier alpha value is -1.06. The van der Waals surface area contributed by atoms with E-state index in [-0.39, 0.29) is 0 Å². The highest BCUT2D eigenvalue weighted by atomic mass is 16.5. The van der Waals surface area contributed by atoms with E-state index in [0.29, 0.717) is 5.92 Å². The number of likely N-dealkylation sites (N-methyl/N-ethyl adjacent to an activating group) is 1. The molecule has 24 heavy (non-hydrogen) atoms. The maximum absolute atomic E-state index is 6.13. The number of nitrogens with zero attached hydrogens (tertiary/aromatic N) is 2. The number of hydrogen-bond acceptors (Lipinski definition) is 3. The molecule has 0 radical (unpaired) electrons. The van der Waals surface area contributed by atoms with Gasteiger partial charge in [0.1, 0.15) is 5.75 Å². The van der Waals surface area contributed by atoms with Gasteiger partial charge in [0.05, 0.1) is 6.61 Å². The summed E-state index contributed by atoms with van der Waals surface area (Å²) in [6.45, 7) is 11.5. The van der Waals surface area contributed by atoms with Crippen molar-refractivity contribution in [2.24, 2.45) is 5.92 Å². The molecule has 1 aliphatic carbocycles. The molecule has 1 saturated carbocycles. The van der Waals surface area contributed by atoms with Crippen molar-refractivity contribution in [1.29, 1.82) is 0 Å². The lowest BCUT2D eigenvalue weighted by Crippen LogP contribution is -2.44. The Morgan fingerprint density at radius 3 is 2.54 bits per heavy atom. The summed E-state index contributed by atoms with van der Waals surface area (Å²) in [7, 11) is 2.22. The quantitative estimate of drug-likeness (QED) is 0.721. The third-order valence-corrected chi connectivity index (χ3v) is 5.44. The Bertz CT molecular complexity index is 517. The molecule has 0 aromatic heterocycles. The van der Waals surface area contributed by atoms with E-state index >= 15 is 0 Å². The molecule has 0 unspecified atom stereocenters. The van der Waals surface area contributed by atoms with Crippen LogP contribution >= 0.6 is 0 Å². The average Bonchev–Trinajstić information content (AvgIpc) is 3.39. The largest absolute Gasteiger partial charge is 0.493 e. The molecular formula is C21H34N2O. The van der Waals surface area contributed by atoms with Crippen molar-refractivity contribution in [3.63, 3.8) is 0 Å². The van der Waals surface area contributed by atoms with Crippen LogP contribution in [0.15, 0.2) is 18.2 Å².